The second kappa shape index (κ2) is 6.50. The number of hydrogen-bond acceptors (Lipinski definition) is 3. The molecule has 0 spiro atoms. The number of nitrogens with two attached hydrogens (primary N) is 1. The Bertz CT molecular complexity index is 284. The van der Waals surface area contributed by atoms with Crippen molar-refractivity contribution in [3.05, 3.63) is 0 Å². The lowest BCUT2D eigenvalue weighted by molar-refractivity contribution is -0.118. The maximum atomic E-state index is 12.2. The summed E-state index contributed by atoms with van der Waals surface area (Å²) in [5, 5.41) is 2.65. The molecule has 0 aliphatic heterocycles. The van der Waals surface area contributed by atoms with Crippen molar-refractivity contribution in [1.29, 1.82) is 0 Å². The van der Waals surface area contributed by atoms with E-state index in [1.165, 1.54) is 0 Å². The minimum absolute atomic E-state index is 0.0335. The lowest BCUT2D eigenvalue weighted by Gasteiger charge is -2.36. The van der Waals surface area contributed by atoms with Gasteiger partial charge >= 0.3 is 0 Å². The highest BCUT2D eigenvalue weighted by molar-refractivity contribution is 7.86. The molecule has 1 aliphatic carbocycles. The van der Waals surface area contributed by atoms with E-state index in [4.69, 9.17) is 5.73 Å². The van der Waals surface area contributed by atoms with Crippen LogP contribution in [0.2, 0.25) is 0 Å². The van der Waals surface area contributed by atoms with Crippen molar-refractivity contribution >= 4 is 16.7 Å². The second-order valence-electron chi connectivity index (χ2n) is 5.16. The summed E-state index contributed by atoms with van der Waals surface area (Å²) < 4.78 is 12.2. The first kappa shape index (κ1) is 14.6. The molecule has 17 heavy (non-hydrogen) atoms. The van der Waals surface area contributed by atoms with Gasteiger partial charge in [-0.05, 0) is 31.6 Å². The molecule has 1 saturated carbocycles. The predicted molar refractivity (Wildman–Crippen MR) is 71.0 cm³/mol. The van der Waals surface area contributed by atoms with E-state index < -0.39 is 10.8 Å². The molecule has 0 aromatic carbocycles. The first-order valence-electron chi connectivity index (χ1n) is 6.35. The minimum Gasteiger partial charge on any atom is -0.356 e. The molecule has 1 aliphatic rings. The highest BCUT2D eigenvalue weighted by Gasteiger charge is 2.36. The molecule has 0 bridgehead atoms. The summed E-state index contributed by atoms with van der Waals surface area (Å²) in [6.07, 6.45) is 1.97. The molecule has 1 amide bonds. The molecular formula is C12H24N2O2S. The third kappa shape index (κ3) is 4.07. The van der Waals surface area contributed by atoms with E-state index in [9.17, 15) is 9.00 Å². The van der Waals surface area contributed by atoms with Gasteiger partial charge in [-0.2, -0.15) is 0 Å². The molecule has 0 aromatic heterocycles. The fourth-order valence-electron chi connectivity index (χ4n) is 2.81. The van der Waals surface area contributed by atoms with E-state index in [2.05, 4.69) is 19.2 Å². The lowest BCUT2D eigenvalue weighted by Crippen LogP contribution is -2.49. The topological polar surface area (TPSA) is 72.2 Å². The van der Waals surface area contributed by atoms with Crippen molar-refractivity contribution in [3.63, 3.8) is 0 Å². The molecule has 3 N–H and O–H groups in total. The second-order valence-corrected chi connectivity index (χ2v) is 6.76. The molecule has 0 radical (unpaired) electrons. The fourth-order valence-corrected chi connectivity index (χ4v) is 4.50. The molecule has 0 aromatic rings. The van der Waals surface area contributed by atoms with Gasteiger partial charge in [0.1, 0.15) is 5.75 Å². The normalized spacial score (nSPS) is 35.3. The average molecular weight is 260 g/mol. The van der Waals surface area contributed by atoms with Gasteiger partial charge in [0.15, 0.2) is 0 Å². The van der Waals surface area contributed by atoms with E-state index in [1.807, 2.05) is 6.92 Å². The first-order valence-corrected chi connectivity index (χ1v) is 7.73. The highest BCUT2D eigenvalue weighted by Crippen LogP contribution is 2.31. The van der Waals surface area contributed by atoms with Crippen LogP contribution in [0, 0.1) is 11.8 Å². The summed E-state index contributed by atoms with van der Waals surface area (Å²) in [4.78, 5) is 11.4. The zero-order valence-corrected chi connectivity index (χ0v) is 11.8. The number of carbonyl (C=O) groups excluding carboxylic acids is 1. The van der Waals surface area contributed by atoms with Crippen LogP contribution in [0.5, 0.6) is 0 Å². The smallest absolute Gasteiger partial charge is 0.232 e. The van der Waals surface area contributed by atoms with Crippen LogP contribution in [0.4, 0.5) is 0 Å². The number of rotatable bonds is 4. The fraction of sp³-hybridized carbons (Fsp3) is 0.917. The molecule has 0 heterocycles. The van der Waals surface area contributed by atoms with Crippen LogP contribution >= 0.6 is 0 Å². The maximum absolute atomic E-state index is 12.2. The summed E-state index contributed by atoms with van der Waals surface area (Å²) in [6, 6.07) is -0.0380. The number of hydrogen-bond donors (Lipinski definition) is 2. The van der Waals surface area contributed by atoms with Crippen LogP contribution in [-0.4, -0.2) is 33.7 Å². The van der Waals surface area contributed by atoms with Crippen LogP contribution in [0.15, 0.2) is 0 Å². The van der Waals surface area contributed by atoms with Crippen LogP contribution in [0.3, 0.4) is 0 Å². The largest absolute Gasteiger partial charge is 0.356 e. The summed E-state index contributed by atoms with van der Waals surface area (Å²) in [5.41, 5.74) is 6.09. The van der Waals surface area contributed by atoms with Crippen molar-refractivity contribution in [2.45, 2.75) is 44.9 Å². The third-order valence-electron chi connectivity index (χ3n) is 3.38. The van der Waals surface area contributed by atoms with Gasteiger partial charge in [-0.1, -0.05) is 13.8 Å². The molecule has 0 saturated heterocycles. The number of amides is 1. The molecule has 5 unspecified atom stereocenters. The van der Waals surface area contributed by atoms with E-state index >= 15 is 0 Å². The molecule has 5 heteroatoms. The standard InChI is InChI=1S/C12H24N2O2S/c1-4-14-11(15)7-17(16)12-9(3)5-8(2)6-10(12)13/h8-10,12H,4-7,13H2,1-3H3,(H,14,15). The monoisotopic (exact) mass is 260 g/mol. The molecule has 4 nitrogen and oxygen atoms in total. The van der Waals surface area contributed by atoms with Crippen molar-refractivity contribution in [1.82, 2.24) is 5.32 Å². The Morgan fingerprint density at radius 3 is 2.59 bits per heavy atom. The van der Waals surface area contributed by atoms with E-state index in [0.717, 1.165) is 12.8 Å². The van der Waals surface area contributed by atoms with Crippen molar-refractivity contribution < 1.29 is 9.00 Å². The molecule has 1 rings (SSSR count). The molecule has 100 valence electrons. The van der Waals surface area contributed by atoms with Crippen molar-refractivity contribution in [2.24, 2.45) is 17.6 Å². The zero-order valence-electron chi connectivity index (χ0n) is 10.9. The van der Waals surface area contributed by atoms with Gasteiger partial charge in [-0.15, -0.1) is 0 Å². The molecule has 1 fully saturated rings. The van der Waals surface area contributed by atoms with Crippen molar-refractivity contribution in [2.75, 3.05) is 12.3 Å². The van der Waals surface area contributed by atoms with Crippen LogP contribution in [0.1, 0.15) is 33.6 Å². The molecular weight excluding hydrogens is 236 g/mol. The van der Waals surface area contributed by atoms with E-state index in [-0.39, 0.29) is 23.0 Å². The summed E-state index contributed by atoms with van der Waals surface area (Å²) in [7, 11) is -1.15. The predicted octanol–water partition coefficient (Wildman–Crippen LogP) is 0.633. The van der Waals surface area contributed by atoms with Gasteiger partial charge in [0.25, 0.3) is 0 Å². The van der Waals surface area contributed by atoms with Crippen LogP contribution < -0.4 is 11.1 Å². The summed E-state index contributed by atoms with van der Waals surface area (Å²) in [5.74, 6) is 0.885. The lowest BCUT2D eigenvalue weighted by atomic mass is 9.80. The van der Waals surface area contributed by atoms with Crippen molar-refractivity contribution in [3.8, 4) is 0 Å². The minimum atomic E-state index is -1.15. The van der Waals surface area contributed by atoms with Gasteiger partial charge in [0.05, 0.1) is 5.25 Å². The van der Waals surface area contributed by atoms with Gasteiger partial charge in [0.2, 0.25) is 5.91 Å². The summed E-state index contributed by atoms with van der Waals surface area (Å²) >= 11 is 0. The Morgan fingerprint density at radius 2 is 2.06 bits per heavy atom. The first-order chi connectivity index (χ1) is 7.95. The Kier molecular flexibility index (Phi) is 5.59. The Morgan fingerprint density at radius 1 is 1.41 bits per heavy atom. The van der Waals surface area contributed by atoms with Gasteiger partial charge < -0.3 is 11.1 Å². The quantitative estimate of drug-likeness (QED) is 0.779. The number of carbonyl (C=O) groups is 1. The van der Waals surface area contributed by atoms with Gasteiger partial charge in [0, 0.05) is 23.4 Å². The Balaban J connectivity index is 2.58. The zero-order chi connectivity index (χ0) is 13.0. The SMILES string of the molecule is CCNC(=O)CS(=O)C1C(C)CC(C)CC1N. The Hall–Kier alpha value is -0.420. The number of nitrogens with one attached hydrogen (secondary N) is 1. The molecule has 5 atom stereocenters. The van der Waals surface area contributed by atoms with Crippen LogP contribution in [0.25, 0.3) is 0 Å². The van der Waals surface area contributed by atoms with Crippen LogP contribution in [-0.2, 0) is 15.6 Å². The Labute approximate surface area is 106 Å². The maximum Gasteiger partial charge on any atom is 0.232 e. The average Bonchev–Trinajstić information content (AvgIpc) is 2.15. The highest BCUT2D eigenvalue weighted by atomic mass is 32.2. The van der Waals surface area contributed by atoms with Gasteiger partial charge in [-0.3, -0.25) is 9.00 Å². The van der Waals surface area contributed by atoms with E-state index in [0.29, 0.717) is 18.4 Å². The van der Waals surface area contributed by atoms with Gasteiger partial charge in [-0.25, -0.2) is 0 Å². The third-order valence-corrected chi connectivity index (χ3v) is 5.35. The van der Waals surface area contributed by atoms with E-state index in [1.54, 1.807) is 0 Å². The summed E-state index contributed by atoms with van der Waals surface area (Å²) in [6.45, 7) is 6.71.